The second kappa shape index (κ2) is 5.48. The summed E-state index contributed by atoms with van der Waals surface area (Å²) in [6, 6.07) is -0.187. The van der Waals surface area contributed by atoms with Crippen LogP contribution in [-0.4, -0.2) is 48.3 Å². The Morgan fingerprint density at radius 1 is 1.58 bits per heavy atom. The zero-order chi connectivity index (χ0) is 14.0. The molecule has 1 saturated heterocycles. The van der Waals surface area contributed by atoms with E-state index in [0.29, 0.717) is 26.3 Å². The van der Waals surface area contributed by atoms with E-state index in [1.807, 2.05) is 13.8 Å². The maximum absolute atomic E-state index is 12.6. The van der Waals surface area contributed by atoms with Gasteiger partial charge in [0, 0.05) is 25.3 Å². The highest BCUT2D eigenvalue weighted by Crippen LogP contribution is 2.24. The van der Waals surface area contributed by atoms with Gasteiger partial charge in [-0.1, -0.05) is 6.92 Å². The Morgan fingerprint density at radius 3 is 2.95 bits per heavy atom. The monoisotopic (exact) mass is 288 g/mol. The van der Waals surface area contributed by atoms with Gasteiger partial charge in [0.05, 0.1) is 13.2 Å². The first-order valence-electron chi connectivity index (χ1n) is 6.39. The second-order valence-corrected chi connectivity index (χ2v) is 6.54. The van der Waals surface area contributed by atoms with Gasteiger partial charge in [-0.15, -0.1) is 0 Å². The largest absolute Gasteiger partial charge is 0.381 e. The molecule has 1 aliphatic heterocycles. The van der Waals surface area contributed by atoms with Crippen LogP contribution >= 0.6 is 0 Å². The third kappa shape index (κ3) is 2.75. The van der Waals surface area contributed by atoms with Crippen LogP contribution in [0.4, 0.5) is 5.82 Å². The SMILES string of the molecule is CCCn1cc(S(=O)(=O)N2CCOC[C@H]2C)c(N)n1. The quantitative estimate of drug-likeness (QED) is 0.859. The van der Waals surface area contributed by atoms with E-state index in [0.717, 1.165) is 6.42 Å². The molecule has 1 aromatic heterocycles. The van der Waals surface area contributed by atoms with Crippen molar-refractivity contribution in [1.29, 1.82) is 0 Å². The van der Waals surface area contributed by atoms with E-state index in [-0.39, 0.29) is 16.8 Å². The van der Waals surface area contributed by atoms with Crippen LogP contribution in [-0.2, 0) is 21.3 Å². The molecule has 0 radical (unpaired) electrons. The summed E-state index contributed by atoms with van der Waals surface area (Å²) < 4.78 is 33.4. The molecule has 2 heterocycles. The molecule has 108 valence electrons. The van der Waals surface area contributed by atoms with Crippen molar-refractivity contribution >= 4 is 15.8 Å². The Balaban J connectivity index is 2.33. The van der Waals surface area contributed by atoms with Gasteiger partial charge < -0.3 is 10.5 Å². The molecule has 0 amide bonds. The molecule has 1 atom stereocenters. The number of sulfonamides is 1. The molecule has 8 heteroatoms. The van der Waals surface area contributed by atoms with E-state index in [4.69, 9.17) is 10.5 Å². The highest BCUT2D eigenvalue weighted by molar-refractivity contribution is 7.89. The summed E-state index contributed by atoms with van der Waals surface area (Å²) in [4.78, 5) is 0.0923. The van der Waals surface area contributed by atoms with Gasteiger partial charge in [-0.2, -0.15) is 9.40 Å². The summed E-state index contributed by atoms with van der Waals surface area (Å²) in [6.07, 6.45) is 2.38. The highest BCUT2D eigenvalue weighted by Gasteiger charge is 2.34. The minimum Gasteiger partial charge on any atom is -0.381 e. The number of nitrogens with zero attached hydrogens (tertiary/aromatic N) is 3. The molecule has 0 bridgehead atoms. The molecule has 0 spiro atoms. The third-order valence-corrected chi connectivity index (χ3v) is 5.13. The van der Waals surface area contributed by atoms with Gasteiger partial charge in [-0.25, -0.2) is 8.42 Å². The highest BCUT2D eigenvalue weighted by atomic mass is 32.2. The van der Waals surface area contributed by atoms with Crippen LogP contribution in [0.25, 0.3) is 0 Å². The summed E-state index contributed by atoms with van der Waals surface area (Å²) in [5.41, 5.74) is 5.74. The topological polar surface area (TPSA) is 90.5 Å². The molecule has 19 heavy (non-hydrogen) atoms. The van der Waals surface area contributed by atoms with Gasteiger partial charge in [0.25, 0.3) is 0 Å². The van der Waals surface area contributed by atoms with Crippen molar-refractivity contribution in [3.05, 3.63) is 6.20 Å². The molecule has 2 N–H and O–H groups in total. The standard InChI is InChI=1S/C11H20N4O3S/c1-3-4-14-7-10(11(12)13-14)19(16,17)15-5-6-18-8-9(15)2/h7,9H,3-6,8H2,1-2H3,(H2,12,13)/t9-/m1/s1. The number of anilines is 1. The number of morpholine rings is 1. The number of hydrogen-bond acceptors (Lipinski definition) is 5. The normalized spacial score (nSPS) is 21.7. The molecule has 1 fully saturated rings. The van der Waals surface area contributed by atoms with Crippen molar-refractivity contribution in [3.63, 3.8) is 0 Å². The summed E-state index contributed by atoms with van der Waals surface area (Å²) in [7, 11) is -3.59. The number of aryl methyl sites for hydroxylation is 1. The van der Waals surface area contributed by atoms with E-state index in [1.54, 1.807) is 4.68 Å². The predicted molar refractivity (Wildman–Crippen MR) is 71.1 cm³/mol. The second-order valence-electron chi connectivity index (χ2n) is 4.68. The lowest BCUT2D eigenvalue weighted by molar-refractivity contribution is 0.0393. The van der Waals surface area contributed by atoms with E-state index in [2.05, 4.69) is 5.10 Å². The van der Waals surface area contributed by atoms with Crippen LogP contribution in [0.15, 0.2) is 11.1 Å². The van der Waals surface area contributed by atoms with Crippen LogP contribution in [0.1, 0.15) is 20.3 Å². The molecule has 0 unspecified atom stereocenters. The first kappa shape index (κ1) is 14.3. The van der Waals surface area contributed by atoms with Crippen LogP contribution in [0, 0.1) is 0 Å². The number of ether oxygens (including phenoxy) is 1. The lowest BCUT2D eigenvalue weighted by Gasteiger charge is -2.31. The lowest BCUT2D eigenvalue weighted by Crippen LogP contribution is -2.47. The summed E-state index contributed by atoms with van der Waals surface area (Å²) in [6.45, 7) is 5.63. The molecular formula is C11H20N4O3S. The molecule has 1 aromatic rings. The first-order valence-corrected chi connectivity index (χ1v) is 7.83. The Labute approximate surface area is 113 Å². The van der Waals surface area contributed by atoms with Crippen molar-refractivity contribution in [2.75, 3.05) is 25.5 Å². The van der Waals surface area contributed by atoms with Gasteiger partial charge in [-0.05, 0) is 13.3 Å². The fraction of sp³-hybridized carbons (Fsp3) is 0.727. The van der Waals surface area contributed by atoms with Crippen molar-refractivity contribution in [2.45, 2.75) is 37.8 Å². The molecular weight excluding hydrogens is 268 g/mol. The molecule has 1 aliphatic rings. The van der Waals surface area contributed by atoms with Crippen molar-refractivity contribution in [1.82, 2.24) is 14.1 Å². The molecule has 0 aromatic carbocycles. The minimum atomic E-state index is -3.59. The van der Waals surface area contributed by atoms with Crippen molar-refractivity contribution in [2.24, 2.45) is 0 Å². The first-order chi connectivity index (χ1) is 8.96. The lowest BCUT2D eigenvalue weighted by atomic mass is 10.3. The maximum atomic E-state index is 12.6. The zero-order valence-electron chi connectivity index (χ0n) is 11.2. The van der Waals surface area contributed by atoms with E-state index >= 15 is 0 Å². The zero-order valence-corrected chi connectivity index (χ0v) is 12.1. The van der Waals surface area contributed by atoms with Gasteiger partial charge in [0.15, 0.2) is 5.82 Å². The summed E-state index contributed by atoms with van der Waals surface area (Å²) in [5, 5.41) is 4.04. The van der Waals surface area contributed by atoms with E-state index in [9.17, 15) is 8.42 Å². The molecule has 2 rings (SSSR count). The Kier molecular flexibility index (Phi) is 4.12. The van der Waals surface area contributed by atoms with Crippen molar-refractivity contribution < 1.29 is 13.2 Å². The van der Waals surface area contributed by atoms with Crippen LogP contribution in [0.3, 0.4) is 0 Å². The number of rotatable bonds is 4. The van der Waals surface area contributed by atoms with E-state index in [1.165, 1.54) is 10.5 Å². The Morgan fingerprint density at radius 2 is 2.32 bits per heavy atom. The maximum Gasteiger partial charge on any atom is 0.248 e. The number of nitrogen functional groups attached to an aromatic ring is 1. The fourth-order valence-corrected chi connectivity index (χ4v) is 3.82. The van der Waals surface area contributed by atoms with Gasteiger partial charge in [0.1, 0.15) is 4.90 Å². The van der Waals surface area contributed by atoms with Crippen LogP contribution in [0.5, 0.6) is 0 Å². The smallest absolute Gasteiger partial charge is 0.248 e. The molecule has 0 aliphatic carbocycles. The third-order valence-electron chi connectivity index (χ3n) is 3.10. The number of aromatic nitrogens is 2. The fourth-order valence-electron chi connectivity index (χ4n) is 2.16. The predicted octanol–water partition coefficient (Wildman–Crippen LogP) is 0.285. The number of hydrogen-bond donors (Lipinski definition) is 1. The Bertz CT molecular complexity index is 540. The van der Waals surface area contributed by atoms with Gasteiger partial charge >= 0.3 is 0 Å². The summed E-state index contributed by atoms with van der Waals surface area (Å²) >= 11 is 0. The molecule has 7 nitrogen and oxygen atoms in total. The number of nitrogens with two attached hydrogens (primary N) is 1. The average molecular weight is 288 g/mol. The van der Waals surface area contributed by atoms with Gasteiger partial charge in [-0.3, -0.25) is 4.68 Å². The molecule has 0 saturated carbocycles. The van der Waals surface area contributed by atoms with Crippen LogP contribution < -0.4 is 5.73 Å². The Hall–Kier alpha value is -1.12. The van der Waals surface area contributed by atoms with Gasteiger partial charge in [0.2, 0.25) is 10.0 Å². The van der Waals surface area contributed by atoms with E-state index < -0.39 is 10.0 Å². The average Bonchev–Trinajstić information content (AvgIpc) is 2.72. The van der Waals surface area contributed by atoms with Crippen molar-refractivity contribution in [3.8, 4) is 0 Å². The minimum absolute atomic E-state index is 0.0622. The van der Waals surface area contributed by atoms with Crippen LogP contribution in [0.2, 0.25) is 0 Å². The summed E-state index contributed by atoms with van der Waals surface area (Å²) in [5.74, 6) is 0.0622.